The van der Waals surface area contributed by atoms with Crippen LogP contribution < -0.4 is 5.32 Å². The summed E-state index contributed by atoms with van der Waals surface area (Å²) in [6, 6.07) is 9.86. The number of carbonyl (C=O) groups excluding carboxylic acids is 1. The minimum atomic E-state index is -0.267. The molecule has 0 aliphatic carbocycles. The Bertz CT molecular complexity index is 515. The Morgan fingerprint density at radius 3 is 2.55 bits per heavy atom. The van der Waals surface area contributed by atoms with Crippen LogP contribution in [0.1, 0.15) is 23.4 Å². The van der Waals surface area contributed by atoms with Crippen LogP contribution in [0.15, 0.2) is 36.4 Å². The van der Waals surface area contributed by atoms with Gasteiger partial charge in [0.05, 0.1) is 17.9 Å². The third-order valence-electron chi connectivity index (χ3n) is 2.87. The van der Waals surface area contributed by atoms with E-state index >= 15 is 0 Å². The zero-order valence-corrected chi connectivity index (χ0v) is 11.3. The summed E-state index contributed by atoms with van der Waals surface area (Å²) in [5.41, 5.74) is 2.51. The van der Waals surface area contributed by atoms with Gasteiger partial charge in [0.1, 0.15) is 5.82 Å². The number of aromatic nitrogens is 2. The molecule has 0 atom stereocenters. The van der Waals surface area contributed by atoms with E-state index < -0.39 is 0 Å². The van der Waals surface area contributed by atoms with Crippen molar-refractivity contribution in [2.45, 2.75) is 26.3 Å². The molecule has 0 aliphatic rings. The average Bonchev–Trinajstić information content (AvgIpc) is 2.46. The van der Waals surface area contributed by atoms with Gasteiger partial charge in [0.2, 0.25) is 5.91 Å². The van der Waals surface area contributed by atoms with Crippen LogP contribution in [0.2, 0.25) is 0 Å². The topological polar surface area (TPSA) is 54.9 Å². The summed E-state index contributed by atoms with van der Waals surface area (Å²) >= 11 is 0. The second kappa shape index (κ2) is 6.75. The molecule has 1 N–H and O–H groups in total. The minimum Gasteiger partial charge on any atom is -0.350 e. The molecule has 1 aromatic carbocycles. The lowest BCUT2D eigenvalue weighted by Crippen LogP contribution is -2.23. The van der Waals surface area contributed by atoms with Gasteiger partial charge in [0.15, 0.2) is 0 Å². The van der Waals surface area contributed by atoms with Crippen molar-refractivity contribution in [2.24, 2.45) is 0 Å². The Balaban J connectivity index is 1.75. The van der Waals surface area contributed by atoms with Crippen LogP contribution in [0.25, 0.3) is 0 Å². The lowest BCUT2D eigenvalue weighted by atomic mass is 10.1. The molecule has 0 aliphatic heterocycles. The number of halogens is 1. The lowest BCUT2D eigenvalue weighted by molar-refractivity contribution is -0.121. The molecular formula is C15H16FN3O. The third kappa shape index (κ3) is 4.42. The van der Waals surface area contributed by atoms with Gasteiger partial charge in [-0.25, -0.2) is 4.39 Å². The second-order valence-corrected chi connectivity index (χ2v) is 4.57. The number of hydrogen-bond donors (Lipinski definition) is 1. The molecule has 4 nitrogen and oxygen atoms in total. The molecule has 0 saturated carbocycles. The largest absolute Gasteiger partial charge is 0.350 e. The minimum absolute atomic E-state index is 0.0586. The smallest absolute Gasteiger partial charge is 0.220 e. The van der Waals surface area contributed by atoms with E-state index in [-0.39, 0.29) is 11.7 Å². The number of nitrogens with zero attached hydrogens (tertiary/aromatic N) is 2. The Morgan fingerprint density at radius 2 is 1.90 bits per heavy atom. The first kappa shape index (κ1) is 14.1. The van der Waals surface area contributed by atoms with Gasteiger partial charge >= 0.3 is 0 Å². The molecule has 1 aromatic heterocycles. The molecule has 2 rings (SSSR count). The van der Waals surface area contributed by atoms with Gasteiger partial charge in [-0.1, -0.05) is 12.1 Å². The van der Waals surface area contributed by atoms with E-state index in [1.165, 1.54) is 12.1 Å². The Morgan fingerprint density at radius 1 is 1.15 bits per heavy atom. The normalized spacial score (nSPS) is 10.3. The van der Waals surface area contributed by atoms with E-state index in [4.69, 9.17) is 0 Å². The summed E-state index contributed by atoms with van der Waals surface area (Å²) in [7, 11) is 0. The van der Waals surface area contributed by atoms with Gasteiger partial charge < -0.3 is 5.32 Å². The number of hydrogen-bond acceptors (Lipinski definition) is 3. The summed E-state index contributed by atoms with van der Waals surface area (Å²) in [5, 5.41) is 10.7. The van der Waals surface area contributed by atoms with E-state index in [9.17, 15) is 9.18 Å². The Kier molecular flexibility index (Phi) is 4.76. The van der Waals surface area contributed by atoms with Gasteiger partial charge in [-0.15, -0.1) is 0 Å². The number of nitrogens with one attached hydrogen (secondary N) is 1. The maximum atomic E-state index is 12.7. The summed E-state index contributed by atoms with van der Waals surface area (Å²) in [4.78, 5) is 11.7. The van der Waals surface area contributed by atoms with Crippen molar-refractivity contribution in [1.29, 1.82) is 0 Å². The SMILES string of the molecule is Cc1ccc(CNC(=O)CCc2ccc(F)cc2)nn1. The van der Waals surface area contributed by atoms with Crippen molar-refractivity contribution in [2.75, 3.05) is 0 Å². The van der Waals surface area contributed by atoms with Crippen LogP contribution >= 0.6 is 0 Å². The van der Waals surface area contributed by atoms with Gasteiger partial charge in [0, 0.05) is 6.42 Å². The van der Waals surface area contributed by atoms with Crippen molar-refractivity contribution >= 4 is 5.91 Å². The molecule has 1 amide bonds. The zero-order valence-electron chi connectivity index (χ0n) is 11.3. The van der Waals surface area contributed by atoms with Crippen molar-refractivity contribution in [1.82, 2.24) is 15.5 Å². The van der Waals surface area contributed by atoms with Gasteiger partial charge in [-0.2, -0.15) is 10.2 Å². The first-order valence-electron chi connectivity index (χ1n) is 6.44. The molecular weight excluding hydrogens is 257 g/mol. The van der Waals surface area contributed by atoms with Crippen molar-refractivity contribution in [3.63, 3.8) is 0 Å². The number of carbonyl (C=O) groups is 1. The average molecular weight is 273 g/mol. The van der Waals surface area contributed by atoms with Crippen molar-refractivity contribution in [3.8, 4) is 0 Å². The highest BCUT2D eigenvalue weighted by atomic mass is 19.1. The summed E-state index contributed by atoms with van der Waals surface area (Å²) in [5.74, 6) is -0.326. The van der Waals surface area contributed by atoms with Gasteiger partial charge in [-0.05, 0) is 43.2 Å². The van der Waals surface area contributed by atoms with Gasteiger partial charge in [-0.3, -0.25) is 4.79 Å². The van der Waals surface area contributed by atoms with Crippen molar-refractivity contribution in [3.05, 3.63) is 59.2 Å². The Labute approximate surface area is 117 Å². The predicted molar refractivity (Wildman–Crippen MR) is 73.3 cm³/mol. The molecule has 1 heterocycles. The van der Waals surface area contributed by atoms with Crippen LogP contribution in [0.5, 0.6) is 0 Å². The fourth-order valence-corrected chi connectivity index (χ4v) is 1.71. The summed E-state index contributed by atoms with van der Waals surface area (Å²) in [6.07, 6.45) is 0.955. The van der Waals surface area contributed by atoms with E-state index in [0.29, 0.717) is 19.4 Å². The van der Waals surface area contributed by atoms with E-state index in [1.54, 1.807) is 12.1 Å². The molecule has 5 heteroatoms. The number of aryl methyl sites for hydroxylation is 2. The summed E-state index contributed by atoms with van der Waals surface area (Å²) < 4.78 is 12.7. The third-order valence-corrected chi connectivity index (χ3v) is 2.87. The van der Waals surface area contributed by atoms with E-state index in [2.05, 4.69) is 15.5 Å². The number of rotatable bonds is 5. The lowest BCUT2D eigenvalue weighted by Gasteiger charge is -2.05. The van der Waals surface area contributed by atoms with Crippen LogP contribution in [0.4, 0.5) is 4.39 Å². The Hall–Kier alpha value is -2.30. The predicted octanol–water partition coefficient (Wildman–Crippen LogP) is 2.17. The second-order valence-electron chi connectivity index (χ2n) is 4.57. The van der Waals surface area contributed by atoms with E-state index in [0.717, 1.165) is 17.0 Å². The highest BCUT2D eigenvalue weighted by Gasteiger charge is 2.03. The summed E-state index contributed by atoms with van der Waals surface area (Å²) in [6.45, 7) is 2.23. The number of benzene rings is 1. The van der Waals surface area contributed by atoms with Gasteiger partial charge in [0.25, 0.3) is 0 Å². The molecule has 104 valence electrons. The molecule has 0 fully saturated rings. The fourth-order valence-electron chi connectivity index (χ4n) is 1.71. The van der Waals surface area contributed by atoms with Crippen LogP contribution in [0, 0.1) is 12.7 Å². The molecule has 20 heavy (non-hydrogen) atoms. The van der Waals surface area contributed by atoms with E-state index in [1.807, 2.05) is 19.1 Å². The molecule has 0 unspecified atom stereocenters. The van der Waals surface area contributed by atoms with Crippen molar-refractivity contribution < 1.29 is 9.18 Å². The highest BCUT2D eigenvalue weighted by Crippen LogP contribution is 2.05. The standard InChI is InChI=1S/C15H16FN3O/c1-11-2-8-14(19-18-11)10-17-15(20)9-5-12-3-6-13(16)7-4-12/h2-4,6-8H,5,9-10H2,1H3,(H,17,20). The highest BCUT2D eigenvalue weighted by molar-refractivity contribution is 5.76. The molecule has 2 aromatic rings. The van der Waals surface area contributed by atoms with Crippen LogP contribution in [-0.4, -0.2) is 16.1 Å². The molecule has 0 spiro atoms. The van der Waals surface area contributed by atoms with Crippen LogP contribution in [0.3, 0.4) is 0 Å². The fraction of sp³-hybridized carbons (Fsp3) is 0.267. The van der Waals surface area contributed by atoms with Crippen LogP contribution in [-0.2, 0) is 17.8 Å². The molecule has 0 bridgehead atoms. The maximum absolute atomic E-state index is 12.7. The first-order valence-corrected chi connectivity index (χ1v) is 6.44. The zero-order chi connectivity index (χ0) is 14.4. The molecule has 0 saturated heterocycles. The molecule has 0 radical (unpaired) electrons. The monoisotopic (exact) mass is 273 g/mol. The maximum Gasteiger partial charge on any atom is 0.220 e. The first-order chi connectivity index (χ1) is 9.63. The number of amides is 1. The quantitative estimate of drug-likeness (QED) is 0.908.